The van der Waals surface area contributed by atoms with Crippen LogP contribution in [-0.2, 0) is 10.3 Å². The summed E-state index contributed by atoms with van der Waals surface area (Å²) in [5.41, 5.74) is -0.297. The fraction of sp³-hybridized carbons (Fsp3) is 0.538. The Morgan fingerprint density at radius 3 is 2.76 bits per heavy atom. The normalized spacial score (nSPS) is 14.6. The maximum atomic E-state index is 11.6. The van der Waals surface area contributed by atoms with Crippen LogP contribution < -0.4 is 0 Å². The topological polar surface area (TPSA) is 53.4 Å². The number of carboxylic acids is 1. The molecule has 0 aromatic carbocycles. The monoisotopic (exact) mass is 236 g/mol. The number of likely N-dealkylation sites (N-methyl/N-ethyl adjacent to an activating group) is 1. The van der Waals surface area contributed by atoms with Crippen molar-refractivity contribution in [1.82, 2.24) is 9.88 Å². The Labute approximate surface area is 102 Å². The molecular formula is C13H20N2O2. The maximum Gasteiger partial charge on any atom is 0.328 e. The molecule has 0 radical (unpaired) electrons. The molecule has 1 aromatic rings. The highest BCUT2D eigenvalue weighted by molar-refractivity contribution is 5.80. The molecule has 1 atom stereocenters. The largest absolute Gasteiger partial charge is 0.480 e. The number of hydrogen-bond donors (Lipinski definition) is 1. The Hall–Kier alpha value is -1.42. The van der Waals surface area contributed by atoms with Crippen LogP contribution in [0.4, 0.5) is 0 Å². The van der Waals surface area contributed by atoms with Crippen molar-refractivity contribution in [2.75, 3.05) is 13.6 Å². The van der Waals surface area contributed by atoms with Crippen LogP contribution in [0.2, 0.25) is 0 Å². The van der Waals surface area contributed by atoms with E-state index in [1.165, 1.54) is 0 Å². The molecule has 1 unspecified atom stereocenters. The van der Waals surface area contributed by atoms with Crippen molar-refractivity contribution in [1.29, 1.82) is 0 Å². The summed E-state index contributed by atoms with van der Waals surface area (Å²) in [6, 6.07) is 3.58. The average Bonchev–Trinajstić information content (AvgIpc) is 2.35. The van der Waals surface area contributed by atoms with Crippen molar-refractivity contribution in [3.63, 3.8) is 0 Å². The third-order valence-corrected chi connectivity index (χ3v) is 3.25. The van der Waals surface area contributed by atoms with Crippen molar-refractivity contribution in [3.05, 3.63) is 30.1 Å². The molecule has 0 saturated heterocycles. The second-order valence-corrected chi connectivity index (χ2v) is 4.39. The molecule has 0 spiro atoms. The van der Waals surface area contributed by atoms with Gasteiger partial charge in [0, 0.05) is 18.0 Å². The van der Waals surface area contributed by atoms with Gasteiger partial charge in [-0.05, 0) is 33.0 Å². The van der Waals surface area contributed by atoms with Crippen molar-refractivity contribution in [3.8, 4) is 0 Å². The van der Waals surface area contributed by atoms with Gasteiger partial charge < -0.3 is 5.11 Å². The summed E-state index contributed by atoms with van der Waals surface area (Å²) in [4.78, 5) is 17.4. The third kappa shape index (κ3) is 2.82. The van der Waals surface area contributed by atoms with Gasteiger partial charge in [-0.25, -0.2) is 4.79 Å². The van der Waals surface area contributed by atoms with Gasteiger partial charge in [-0.1, -0.05) is 19.4 Å². The van der Waals surface area contributed by atoms with Gasteiger partial charge in [0.1, 0.15) is 5.54 Å². The van der Waals surface area contributed by atoms with Crippen molar-refractivity contribution < 1.29 is 9.90 Å². The first-order chi connectivity index (χ1) is 8.03. The molecular weight excluding hydrogens is 216 g/mol. The summed E-state index contributed by atoms with van der Waals surface area (Å²) in [6.45, 7) is 4.58. The molecule has 0 aliphatic rings. The van der Waals surface area contributed by atoms with Crippen LogP contribution in [-0.4, -0.2) is 34.6 Å². The van der Waals surface area contributed by atoms with E-state index in [1.807, 2.05) is 18.0 Å². The molecule has 17 heavy (non-hydrogen) atoms. The lowest BCUT2D eigenvalue weighted by atomic mass is 9.91. The molecule has 1 heterocycles. The van der Waals surface area contributed by atoms with E-state index in [0.29, 0.717) is 5.56 Å². The summed E-state index contributed by atoms with van der Waals surface area (Å²) in [6.07, 6.45) is 5.31. The van der Waals surface area contributed by atoms with Gasteiger partial charge in [0.2, 0.25) is 0 Å². The molecule has 0 amide bonds. The molecule has 0 bridgehead atoms. The second kappa shape index (κ2) is 5.77. The number of pyridine rings is 1. The molecule has 0 fully saturated rings. The molecule has 4 heteroatoms. The van der Waals surface area contributed by atoms with E-state index in [4.69, 9.17) is 0 Å². The van der Waals surface area contributed by atoms with Crippen LogP contribution in [0.5, 0.6) is 0 Å². The number of carbonyl (C=O) groups is 1. The van der Waals surface area contributed by atoms with Crippen LogP contribution in [0.1, 0.15) is 32.3 Å². The Bertz CT molecular complexity index is 367. The first-order valence-corrected chi connectivity index (χ1v) is 5.88. The minimum Gasteiger partial charge on any atom is -0.480 e. The lowest BCUT2D eigenvalue weighted by molar-refractivity contribution is -0.150. The predicted octanol–water partition coefficient (Wildman–Crippen LogP) is 2.11. The van der Waals surface area contributed by atoms with Crippen LogP contribution in [0.25, 0.3) is 0 Å². The quantitative estimate of drug-likeness (QED) is 0.822. The number of aromatic nitrogens is 1. The number of aliphatic carboxylic acids is 1. The van der Waals surface area contributed by atoms with Gasteiger partial charge in [-0.15, -0.1) is 0 Å². The van der Waals surface area contributed by atoms with Crippen molar-refractivity contribution in [2.24, 2.45) is 0 Å². The van der Waals surface area contributed by atoms with Gasteiger partial charge in [0.05, 0.1) is 0 Å². The fourth-order valence-electron chi connectivity index (χ4n) is 1.78. The van der Waals surface area contributed by atoms with Crippen molar-refractivity contribution in [2.45, 2.75) is 32.2 Å². The van der Waals surface area contributed by atoms with Crippen LogP contribution in [0, 0.1) is 0 Å². The van der Waals surface area contributed by atoms with Gasteiger partial charge in [0.15, 0.2) is 0 Å². The number of hydrogen-bond acceptors (Lipinski definition) is 3. The predicted molar refractivity (Wildman–Crippen MR) is 66.8 cm³/mol. The van der Waals surface area contributed by atoms with Gasteiger partial charge in [-0.3, -0.25) is 9.88 Å². The highest BCUT2D eigenvalue weighted by atomic mass is 16.4. The van der Waals surface area contributed by atoms with Gasteiger partial charge in [-0.2, -0.15) is 0 Å². The van der Waals surface area contributed by atoms with E-state index in [1.54, 1.807) is 25.4 Å². The summed E-state index contributed by atoms with van der Waals surface area (Å²) in [7, 11) is 1.84. The molecule has 1 N–H and O–H groups in total. The summed E-state index contributed by atoms with van der Waals surface area (Å²) in [5.74, 6) is -0.843. The van der Waals surface area contributed by atoms with E-state index in [0.717, 1.165) is 19.4 Å². The Morgan fingerprint density at radius 2 is 2.29 bits per heavy atom. The molecule has 0 aliphatic carbocycles. The molecule has 4 nitrogen and oxygen atoms in total. The summed E-state index contributed by atoms with van der Waals surface area (Å²) in [5, 5.41) is 9.49. The number of nitrogens with zero attached hydrogens (tertiary/aromatic N) is 2. The molecule has 94 valence electrons. The van der Waals surface area contributed by atoms with E-state index in [2.05, 4.69) is 11.9 Å². The molecule has 1 rings (SSSR count). The minimum absolute atomic E-state index is 0.714. The minimum atomic E-state index is -1.01. The molecule has 1 aromatic heterocycles. The Balaban J connectivity index is 3.01. The maximum absolute atomic E-state index is 11.6. The third-order valence-electron chi connectivity index (χ3n) is 3.25. The molecule has 0 aliphatic heterocycles. The standard InChI is InChI=1S/C13H20N2O2/c1-4-5-9-15(3)13(2,12(16)17)11-7-6-8-14-10-11/h6-8,10H,4-5,9H2,1-3H3,(H,16,17). The Kier molecular flexibility index (Phi) is 4.63. The van der Waals surface area contributed by atoms with Crippen LogP contribution in [0.15, 0.2) is 24.5 Å². The lowest BCUT2D eigenvalue weighted by Gasteiger charge is -2.35. The first kappa shape index (κ1) is 13.6. The van der Waals surface area contributed by atoms with Gasteiger partial charge >= 0.3 is 5.97 Å². The Morgan fingerprint density at radius 1 is 1.59 bits per heavy atom. The number of carboxylic acid groups (broad SMARTS) is 1. The number of unbranched alkanes of at least 4 members (excludes halogenated alkanes) is 1. The van der Waals surface area contributed by atoms with Gasteiger partial charge in [0.25, 0.3) is 0 Å². The SMILES string of the molecule is CCCCN(C)C(C)(C(=O)O)c1cccnc1. The van der Waals surface area contributed by atoms with E-state index in [9.17, 15) is 9.90 Å². The van der Waals surface area contributed by atoms with Crippen LogP contribution >= 0.6 is 0 Å². The zero-order valence-corrected chi connectivity index (χ0v) is 10.7. The highest BCUT2D eigenvalue weighted by Crippen LogP contribution is 2.27. The van der Waals surface area contributed by atoms with Crippen molar-refractivity contribution >= 4 is 5.97 Å². The van der Waals surface area contributed by atoms with E-state index >= 15 is 0 Å². The first-order valence-electron chi connectivity index (χ1n) is 5.88. The zero-order valence-electron chi connectivity index (χ0n) is 10.7. The van der Waals surface area contributed by atoms with E-state index in [-0.39, 0.29) is 0 Å². The fourth-order valence-corrected chi connectivity index (χ4v) is 1.78. The highest BCUT2D eigenvalue weighted by Gasteiger charge is 2.39. The summed E-state index contributed by atoms with van der Waals surface area (Å²) >= 11 is 0. The van der Waals surface area contributed by atoms with Crippen LogP contribution in [0.3, 0.4) is 0 Å². The molecule has 0 saturated carbocycles. The van der Waals surface area contributed by atoms with E-state index < -0.39 is 11.5 Å². The smallest absolute Gasteiger partial charge is 0.328 e. The summed E-state index contributed by atoms with van der Waals surface area (Å²) < 4.78 is 0. The average molecular weight is 236 g/mol. The second-order valence-electron chi connectivity index (χ2n) is 4.39. The zero-order chi connectivity index (χ0) is 12.9. The lowest BCUT2D eigenvalue weighted by Crippen LogP contribution is -2.48. The number of rotatable bonds is 6.